The van der Waals surface area contributed by atoms with Crippen molar-refractivity contribution in [2.45, 2.75) is 71.9 Å². The van der Waals surface area contributed by atoms with Crippen molar-refractivity contribution in [3.05, 3.63) is 73.9 Å². The van der Waals surface area contributed by atoms with Crippen LogP contribution in [-0.2, 0) is 6.54 Å². The summed E-state index contributed by atoms with van der Waals surface area (Å²) < 4.78 is 1.90. The Balaban J connectivity index is 1.23. The number of hydrogen-bond donors (Lipinski definition) is 2. The van der Waals surface area contributed by atoms with Gasteiger partial charge in [0.2, 0.25) is 5.56 Å². The number of fused-ring (bicyclic) bond motifs is 4. The van der Waals surface area contributed by atoms with Gasteiger partial charge in [-0.3, -0.25) is 9.69 Å². The zero-order valence-electron chi connectivity index (χ0n) is 22.6. The fourth-order valence-electron chi connectivity index (χ4n) is 7.21. The largest absolute Gasteiger partial charge is 0.346 e. The molecule has 8 heteroatoms. The summed E-state index contributed by atoms with van der Waals surface area (Å²) in [6.07, 6.45) is 6.23. The number of thiophene rings is 1. The summed E-state index contributed by atoms with van der Waals surface area (Å²) in [6, 6.07) is 6.07. The first kappa shape index (κ1) is 23.9. The first-order valence-corrected chi connectivity index (χ1v) is 14.5. The summed E-state index contributed by atoms with van der Waals surface area (Å²) in [4.78, 5) is 28.5. The highest BCUT2D eigenvalue weighted by atomic mass is 32.1. The lowest BCUT2D eigenvalue weighted by molar-refractivity contribution is 0.190. The van der Waals surface area contributed by atoms with Gasteiger partial charge in [-0.05, 0) is 79.7 Å². The first-order valence-electron chi connectivity index (χ1n) is 13.7. The van der Waals surface area contributed by atoms with Gasteiger partial charge in [0.05, 0.1) is 5.69 Å². The second kappa shape index (κ2) is 8.64. The number of H-pyrrole nitrogens is 2. The van der Waals surface area contributed by atoms with Gasteiger partial charge in [0.25, 0.3) is 0 Å². The van der Waals surface area contributed by atoms with Crippen LogP contribution in [0.1, 0.15) is 71.3 Å². The second-order valence-corrected chi connectivity index (χ2v) is 12.7. The third-order valence-electron chi connectivity index (χ3n) is 9.13. The Morgan fingerprint density at radius 2 is 1.95 bits per heavy atom. The van der Waals surface area contributed by atoms with Crippen molar-refractivity contribution in [3.63, 3.8) is 0 Å². The van der Waals surface area contributed by atoms with Crippen molar-refractivity contribution in [3.8, 4) is 11.3 Å². The van der Waals surface area contributed by atoms with Crippen LogP contribution in [0.5, 0.6) is 0 Å². The average molecular weight is 527 g/mol. The molecule has 5 aromatic rings. The van der Waals surface area contributed by atoms with E-state index in [4.69, 9.17) is 0 Å². The normalized spacial score (nSPS) is 21.6. The molecular formula is C30H34N6OS. The van der Waals surface area contributed by atoms with Crippen molar-refractivity contribution in [2.24, 2.45) is 5.92 Å². The van der Waals surface area contributed by atoms with Crippen LogP contribution in [0.2, 0.25) is 0 Å². The molecule has 5 aromatic heterocycles. The molecule has 3 atom stereocenters. The van der Waals surface area contributed by atoms with E-state index in [0.717, 1.165) is 24.4 Å². The monoisotopic (exact) mass is 526 g/mol. The van der Waals surface area contributed by atoms with Crippen LogP contribution in [0.25, 0.3) is 27.1 Å². The maximum atomic E-state index is 11.7. The summed E-state index contributed by atoms with van der Waals surface area (Å²) in [5.74, 6) is 1.70. The summed E-state index contributed by atoms with van der Waals surface area (Å²) >= 11 is 1.97. The lowest BCUT2D eigenvalue weighted by Gasteiger charge is -2.31. The van der Waals surface area contributed by atoms with E-state index in [1.807, 2.05) is 28.0 Å². The van der Waals surface area contributed by atoms with Crippen molar-refractivity contribution >= 4 is 27.2 Å². The molecule has 1 aliphatic carbocycles. The molecule has 2 aliphatic rings. The van der Waals surface area contributed by atoms with Crippen molar-refractivity contribution in [2.75, 3.05) is 6.54 Å². The summed E-state index contributed by atoms with van der Waals surface area (Å²) in [5.41, 5.74) is 9.68. The Kier molecular flexibility index (Phi) is 5.43. The highest BCUT2D eigenvalue weighted by Gasteiger charge is 2.46. The number of aromatic amines is 2. The molecule has 1 saturated heterocycles. The number of nitrogens with zero attached hydrogens (tertiary/aromatic N) is 4. The minimum Gasteiger partial charge on any atom is -0.346 e. The van der Waals surface area contributed by atoms with Gasteiger partial charge < -0.3 is 9.97 Å². The maximum Gasteiger partial charge on any atom is 0.248 e. The molecule has 2 bridgehead atoms. The number of aromatic nitrogens is 5. The Bertz CT molecular complexity index is 1750. The van der Waals surface area contributed by atoms with Gasteiger partial charge in [-0.2, -0.15) is 5.10 Å². The van der Waals surface area contributed by atoms with Gasteiger partial charge in [-0.1, -0.05) is 19.9 Å². The molecule has 0 spiro atoms. The van der Waals surface area contributed by atoms with E-state index in [1.54, 1.807) is 17.3 Å². The SMILES string of the molecule is Cc1c(-c2[nH]c3sc([C@@H]4CC5CC4CN5Cc4cccc(=O)[nH]4)c(C)c3c2C(C)C)cn2ncnc2c1C. The third kappa shape index (κ3) is 3.53. The van der Waals surface area contributed by atoms with Crippen LogP contribution >= 0.6 is 11.3 Å². The summed E-state index contributed by atoms with van der Waals surface area (Å²) in [7, 11) is 0. The number of aryl methyl sites for hydroxylation is 2. The topological polar surface area (TPSA) is 82.1 Å². The molecule has 196 valence electrons. The first-order chi connectivity index (χ1) is 18.3. The van der Waals surface area contributed by atoms with E-state index in [0.29, 0.717) is 23.8 Å². The quantitative estimate of drug-likeness (QED) is 0.292. The predicted molar refractivity (Wildman–Crippen MR) is 153 cm³/mol. The number of rotatable bonds is 5. The van der Waals surface area contributed by atoms with Gasteiger partial charge in [0.15, 0.2) is 5.65 Å². The Morgan fingerprint density at radius 1 is 1.11 bits per heavy atom. The maximum absolute atomic E-state index is 11.7. The molecular weight excluding hydrogens is 492 g/mol. The van der Waals surface area contributed by atoms with Crippen LogP contribution in [0.3, 0.4) is 0 Å². The van der Waals surface area contributed by atoms with Gasteiger partial charge in [-0.15, -0.1) is 11.3 Å². The molecule has 38 heavy (non-hydrogen) atoms. The molecule has 6 heterocycles. The van der Waals surface area contributed by atoms with E-state index in [-0.39, 0.29) is 5.56 Å². The number of likely N-dealkylation sites (tertiary alicyclic amines) is 1. The Labute approximate surface area is 225 Å². The van der Waals surface area contributed by atoms with E-state index in [2.05, 4.69) is 65.8 Å². The molecule has 2 N–H and O–H groups in total. The Hall–Kier alpha value is -3.23. The van der Waals surface area contributed by atoms with Crippen LogP contribution in [-0.4, -0.2) is 42.1 Å². The number of nitrogens with one attached hydrogen (secondary N) is 2. The highest BCUT2D eigenvalue weighted by Crippen LogP contribution is 2.53. The van der Waals surface area contributed by atoms with E-state index in [1.165, 1.54) is 56.6 Å². The van der Waals surface area contributed by atoms with Crippen molar-refractivity contribution < 1.29 is 0 Å². The zero-order chi connectivity index (χ0) is 26.3. The van der Waals surface area contributed by atoms with E-state index >= 15 is 0 Å². The molecule has 2 fully saturated rings. The lowest BCUT2D eigenvalue weighted by atomic mass is 9.88. The smallest absolute Gasteiger partial charge is 0.248 e. The molecule has 7 rings (SSSR count). The zero-order valence-corrected chi connectivity index (χ0v) is 23.4. The van der Waals surface area contributed by atoms with Crippen LogP contribution in [0.15, 0.2) is 35.5 Å². The van der Waals surface area contributed by atoms with E-state index < -0.39 is 0 Å². The van der Waals surface area contributed by atoms with Gasteiger partial charge in [-0.25, -0.2) is 9.50 Å². The predicted octanol–water partition coefficient (Wildman–Crippen LogP) is 6.05. The van der Waals surface area contributed by atoms with Gasteiger partial charge >= 0.3 is 0 Å². The van der Waals surface area contributed by atoms with Crippen LogP contribution in [0.4, 0.5) is 0 Å². The molecule has 2 unspecified atom stereocenters. The molecule has 0 amide bonds. The molecule has 7 nitrogen and oxygen atoms in total. The molecule has 0 aromatic carbocycles. The molecule has 1 aliphatic heterocycles. The second-order valence-electron chi connectivity index (χ2n) is 11.6. The number of piperidine rings is 1. The minimum absolute atomic E-state index is 0.0131. The van der Waals surface area contributed by atoms with Gasteiger partial charge in [0.1, 0.15) is 11.2 Å². The minimum atomic E-state index is -0.0131. The summed E-state index contributed by atoms with van der Waals surface area (Å²) in [5, 5.41) is 5.86. The third-order valence-corrected chi connectivity index (χ3v) is 10.5. The standard InChI is InChI=1S/C30H34N6OS/c1-15(2)25-26-18(5)28(22-10-21-9-19(22)11-35(21)12-20-7-6-8-24(37)33-20)38-30(26)34-27(25)23-13-36-29(31-14-32-36)17(4)16(23)3/h6-8,13-15,19,21-22,34H,9-12H2,1-5H3,(H,33,37)/t19?,21?,22-/m1/s1. The van der Waals surface area contributed by atoms with Crippen molar-refractivity contribution in [1.29, 1.82) is 0 Å². The molecule has 0 radical (unpaired) electrons. The van der Waals surface area contributed by atoms with E-state index in [9.17, 15) is 4.79 Å². The highest BCUT2D eigenvalue weighted by molar-refractivity contribution is 7.19. The number of hydrogen-bond acceptors (Lipinski definition) is 5. The summed E-state index contributed by atoms with van der Waals surface area (Å²) in [6.45, 7) is 13.2. The van der Waals surface area contributed by atoms with Gasteiger partial charge in [0, 0.05) is 52.9 Å². The van der Waals surface area contributed by atoms with Crippen LogP contribution < -0.4 is 5.56 Å². The molecule has 1 saturated carbocycles. The Morgan fingerprint density at radius 3 is 2.68 bits per heavy atom. The van der Waals surface area contributed by atoms with Crippen molar-refractivity contribution in [1.82, 2.24) is 29.5 Å². The fraction of sp³-hybridized carbons (Fsp3) is 0.433. The van der Waals surface area contributed by atoms with Crippen LogP contribution in [0, 0.1) is 26.7 Å². The lowest BCUT2D eigenvalue weighted by Crippen LogP contribution is -2.34. The average Bonchev–Trinajstić information content (AvgIpc) is 3.68. The number of pyridine rings is 2. The fourth-order valence-corrected chi connectivity index (χ4v) is 8.64.